The highest BCUT2D eigenvalue weighted by Crippen LogP contribution is 2.30. The lowest BCUT2D eigenvalue weighted by molar-refractivity contribution is -0.121. The zero-order valence-electron chi connectivity index (χ0n) is 11.8. The van der Waals surface area contributed by atoms with Gasteiger partial charge in [0.15, 0.2) is 0 Å². The first-order chi connectivity index (χ1) is 10.0. The van der Waals surface area contributed by atoms with Crippen molar-refractivity contribution in [2.45, 2.75) is 25.7 Å². The number of anilines is 1. The summed E-state index contributed by atoms with van der Waals surface area (Å²) in [6, 6.07) is 4.60. The van der Waals surface area contributed by atoms with Crippen LogP contribution in [0.3, 0.4) is 0 Å². The second-order valence-corrected chi connectivity index (χ2v) is 5.91. The summed E-state index contributed by atoms with van der Waals surface area (Å²) in [6.45, 7) is 0.681. The number of nitrogens with one attached hydrogen (secondary N) is 1. The average molecular weight is 310 g/mol. The van der Waals surface area contributed by atoms with Crippen LogP contribution in [-0.4, -0.2) is 18.4 Å². The summed E-state index contributed by atoms with van der Waals surface area (Å²) in [7, 11) is 0. The number of benzene rings is 1. The highest BCUT2D eigenvalue weighted by atomic mass is 35.5. The van der Waals surface area contributed by atoms with Crippen molar-refractivity contribution < 1.29 is 9.59 Å². The smallest absolute Gasteiger partial charge is 0.248 e. The van der Waals surface area contributed by atoms with Crippen LogP contribution in [0.1, 0.15) is 36.0 Å². The first-order valence-corrected chi connectivity index (χ1v) is 7.49. The minimum absolute atomic E-state index is 0.0268. The summed E-state index contributed by atoms with van der Waals surface area (Å²) < 4.78 is 0. The van der Waals surface area contributed by atoms with Crippen molar-refractivity contribution in [3.63, 3.8) is 0 Å². The van der Waals surface area contributed by atoms with Crippen LogP contribution in [0.15, 0.2) is 18.2 Å². The molecule has 0 aliphatic heterocycles. The molecule has 2 amide bonds. The Balaban J connectivity index is 2.03. The van der Waals surface area contributed by atoms with Gasteiger partial charge in [0.25, 0.3) is 0 Å². The Labute approximate surface area is 129 Å². The Kier molecular flexibility index (Phi) is 5.20. The summed E-state index contributed by atoms with van der Waals surface area (Å²) >= 11 is 6.05. The molecule has 1 aromatic rings. The van der Waals surface area contributed by atoms with E-state index in [1.165, 1.54) is 12.1 Å². The average Bonchev–Trinajstić information content (AvgIpc) is 2.49. The van der Waals surface area contributed by atoms with Gasteiger partial charge in [0, 0.05) is 11.5 Å². The second-order valence-electron chi connectivity index (χ2n) is 5.50. The third-order valence-corrected chi connectivity index (χ3v) is 4.39. The fourth-order valence-electron chi connectivity index (χ4n) is 2.67. The molecule has 1 fully saturated rings. The quantitative estimate of drug-likeness (QED) is 0.794. The van der Waals surface area contributed by atoms with E-state index in [0.29, 0.717) is 28.7 Å². The number of halogens is 1. The molecule has 6 heteroatoms. The number of nitrogens with two attached hydrogens (primary N) is 2. The van der Waals surface area contributed by atoms with E-state index in [2.05, 4.69) is 5.32 Å². The Bertz CT molecular complexity index is 540. The van der Waals surface area contributed by atoms with Crippen LogP contribution in [0.4, 0.5) is 5.69 Å². The standard InChI is InChI=1S/C15H20ClN3O2/c16-12-6-5-11(14(18)20)7-13(12)19-15(21)10-3-1-9(8-17)2-4-10/h5-7,9-10H,1-4,8,17H2,(H2,18,20)(H,19,21). The van der Waals surface area contributed by atoms with Crippen LogP contribution in [0.2, 0.25) is 5.02 Å². The SMILES string of the molecule is NCC1CCC(C(=O)Nc2cc(C(N)=O)ccc2Cl)CC1. The molecule has 0 bridgehead atoms. The predicted molar refractivity (Wildman–Crippen MR) is 83.1 cm³/mol. The van der Waals surface area contributed by atoms with Crippen molar-refractivity contribution in [2.75, 3.05) is 11.9 Å². The van der Waals surface area contributed by atoms with Gasteiger partial charge in [0.1, 0.15) is 0 Å². The largest absolute Gasteiger partial charge is 0.366 e. The molecule has 5 nitrogen and oxygen atoms in total. The van der Waals surface area contributed by atoms with Gasteiger partial charge in [-0.3, -0.25) is 9.59 Å². The van der Waals surface area contributed by atoms with E-state index in [4.69, 9.17) is 23.1 Å². The number of hydrogen-bond donors (Lipinski definition) is 3. The molecule has 0 spiro atoms. The van der Waals surface area contributed by atoms with Crippen molar-refractivity contribution in [2.24, 2.45) is 23.3 Å². The van der Waals surface area contributed by atoms with Gasteiger partial charge in [-0.05, 0) is 56.3 Å². The molecule has 0 heterocycles. The molecule has 0 saturated heterocycles. The summed E-state index contributed by atoms with van der Waals surface area (Å²) in [6.07, 6.45) is 3.62. The molecule has 21 heavy (non-hydrogen) atoms. The molecule has 1 aromatic carbocycles. The molecule has 1 aliphatic rings. The Morgan fingerprint density at radius 2 is 1.90 bits per heavy atom. The zero-order chi connectivity index (χ0) is 15.4. The van der Waals surface area contributed by atoms with Crippen LogP contribution in [-0.2, 0) is 4.79 Å². The number of rotatable bonds is 4. The lowest BCUT2D eigenvalue weighted by atomic mass is 9.81. The molecule has 114 valence electrons. The summed E-state index contributed by atoms with van der Waals surface area (Å²) in [5.41, 5.74) is 11.6. The highest BCUT2D eigenvalue weighted by molar-refractivity contribution is 6.33. The zero-order valence-corrected chi connectivity index (χ0v) is 12.5. The fraction of sp³-hybridized carbons (Fsp3) is 0.467. The van der Waals surface area contributed by atoms with E-state index in [1.54, 1.807) is 6.07 Å². The van der Waals surface area contributed by atoms with Gasteiger partial charge in [0.05, 0.1) is 10.7 Å². The molecule has 0 aromatic heterocycles. The normalized spacial score (nSPS) is 21.8. The Hall–Kier alpha value is -1.59. The van der Waals surface area contributed by atoms with Crippen LogP contribution in [0.25, 0.3) is 0 Å². The van der Waals surface area contributed by atoms with E-state index in [9.17, 15) is 9.59 Å². The Morgan fingerprint density at radius 3 is 2.48 bits per heavy atom. The first-order valence-electron chi connectivity index (χ1n) is 7.11. The minimum atomic E-state index is -0.550. The first kappa shape index (κ1) is 15.8. The van der Waals surface area contributed by atoms with Crippen LogP contribution < -0.4 is 16.8 Å². The van der Waals surface area contributed by atoms with Crippen molar-refractivity contribution >= 4 is 29.1 Å². The maximum Gasteiger partial charge on any atom is 0.248 e. The number of primary amides is 1. The van der Waals surface area contributed by atoms with Gasteiger partial charge in [-0.15, -0.1) is 0 Å². The van der Waals surface area contributed by atoms with Gasteiger partial charge in [0.2, 0.25) is 11.8 Å². The van der Waals surface area contributed by atoms with Crippen molar-refractivity contribution in [3.05, 3.63) is 28.8 Å². The lowest BCUT2D eigenvalue weighted by Gasteiger charge is -2.26. The topological polar surface area (TPSA) is 98.2 Å². The van der Waals surface area contributed by atoms with Gasteiger partial charge < -0.3 is 16.8 Å². The lowest BCUT2D eigenvalue weighted by Crippen LogP contribution is -2.29. The predicted octanol–water partition coefficient (Wildman–Crippen LogP) is 2.14. The maximum absolute atomic E-state index is 12.3. The van der Waals surface area contributed by atoms with Crippen molar-refractivity contribution in [1.82, 2.24) is 0 Å². The molecular formula is C15H20ClN3O2. The minimum Gasteiger partial charge on any atom is -0.366 e. The van der Waals surface area contributed by atoms with E-state index in [1.807, 2.05) is 0 Å². The van der Waals surface area contributed by atoms with Crippen LogP contribution in [0, 0.1) is 11.8 Å². The van der Waals surface area contributed by atoms with Crippen LogP contribution >= 0.6 is 11.6 Å². The molecule has 1 saturated carbocycles. The highest BCUT2D eigenvalue weighted by Gasteiger charge is 2.26. The van der Waals surface area contributed by atoms with E-state index in [-0.39, 0.29) is 11.8 Å². The number of carbonyl (C=O) groups is 2. The van der Waals surface area contributed by atoms with Crippen molar-refractivity contribution in [1.29, 1.82) is 0 Å². The number of hydrogen-bond acceptors (Lipinski definition) is 3. The third kappa shape index (κ3) is 3.95. The monoisotopic (exact) mass is 309 g/mol. The van der Waals surface area contributed by atoms with Gasteiger partial charge in [-0.2, -0.15) is 0 Å². The summed E-state index contributed by atoms with van der Waals surface area (Å²) in [5, 5.41) is 3.19. The van der Waals surface area contributed by atoms with Crippen molar-refractivity contribution in [3.8, 4) is 0 Å². The fourth-order valence-corrected chi connectivity index (χ4v) is 2.83. The molecule has 2 rings (SSSR count). The molecule has 0 atom stereocenters. The third-order valence-electron chi connectivity index (χ3n) is 4.06. The van der Waals surface area contributed by atoms with Gasteiger partial charge >= 0.3 is 0 Å². The molecule has 0 unspecified atom stereocenters. The van der Waals surface area contributed by atoms with Gasteiger partial charge in [-0.25, -0.2) is 0 Å². The van der Waals surface area contributed by atoms with E-state index < -0.39 is 5.91 Å². The number of carbonyl (C=O) groups excluding carboxylic acids is 2. The second kappa shape index (κ2) is 6.91. The Morgan fingerprint density at radius 1 is 1.24 bits per heavy atom. The molecular weight excluding hydrogens is 290 g/mol. The van der Waals surface area contributed by atoms with E-state index in [0.717, 1.165) is 25.7 Å². The summed E-state index contributed by atoms with van der Waals surface area (Å²) in [5.74, 6) is -0.114. The maximum atomic E-state index is 12.3. The summed E-state index contributed by atoms with van der Waals surface area (Å²) in [4.78, 5) is 23.5. The van der Waals surface area contributed by atoms with Gasteiger partial charge in [-0.1, -0.05) is 11.6 Å². The number of amides is 2. The molecule has 5 N–H and O–H groups in total. The molecule has 0 radical (unpaired) electrons. The van der Waals surface area contributed by atoms with E-state index >= 15 is 0 Å². The molecule has 1 aliphatic carbocycles. The van der Waals surface area contributed by atoms with Crippen LogP contribution in [0.5, 0.6) is 0 Å².